The van der Waals surface area contributed by atoms with Crippen molar-refractivity contribution in [1.29, 1.82) is 0 Å². The molecule has 0 atom stereocenters. The Labute approximate surface area is 135 Å². The second-order valence-electron chi connectivity index (χ2n) is 5.23. The van der Waals surface area contributed by atoms with Gasteiger partial charge in [-0.25, -0.2) is 0 Å². The van der Waals surface area contributed by atoms with Crippen LogP contribution in [0.5, 0.6) is 0 Å². The zero-order valence-electron chi connectivity index (χ0n) is 13.3. The molecule has 1 aromatic heterocycles. The maximum absolute atomic E-state index is 10.3. The third kappa shape index (κ3) is 7.37. The fourth-order valence-corrected chi connectivity index (χ4v) is 2.58. The minimum absolute atomic E-state index is 0.162. The van der Waals surface area contributed by atoms with Gasteiger partial charge in [0, 0.05) is 32.3 Å². The predicted molar refractivity (Wildman–Crippen MR) is 89.0 cm³/mol. The third-order valence-electron chi connectivity index (χ3n) is 3.02. The Morgan fingerprint density at radius 2 is 2.05 bits per heavy atom. The van der Waals surface area contributed by atoms with E-state index in [1.165, 1.54) is 0 Å². The highest BCUT2D eigenvalue weighted by Gasteiger charge is 2.06. The van der Waals surface area contributed by atoms with E-state index in [1.807, 2.05) is 26.2 Å². The summed E-state index contributed by atoms with van der Waals surface area (Å²) in [6.45, 7) is 1.61. The molecular formula is C14H24N4O3S. The van der Waals surface area contributed by atoms with Crippen LogP contribution in [-0.4, -0.2) is 54.7 Å². The molecule has 1 aromatic rings. The molecule has 0 radical (unpaired) electrons. The Bertz CT molecular complexity index is 502. The van der Waals surface area contributed by atoms with E-state index in [0.717, 1.165) is 42.2 Å². The lowest BCUT2D eigenvalue weighted by Gasteiger charge is -2.16. The van der Waals surface area contributed by atoms with Crippen LogP contribution < -0.4 is 5.73 Å². The zero-order valence-corrected chi connectivity index (χ0v) is 14.1. The van der Waals surface area contributed by atoms with E-state index in [-0.39, 0.29) is 5.82 Å². The molecule has 0 unspecified atom stereocenters. The van der Waals surface area contributed by atoms with Crippen LogP contribution in [0, 0.1) is 10.1 Å². The summed E-state index contributed by atoms with van der Waals surface area (Å²) in [5.41, 5.74) is 5.59. The summed E-state index contributed by atoms with van der Waals surface area (Å²) in [5.74, 6) is 3.72. The molecular weight excluding hydrogens is 304 g/mol. The lowest BCUT2D eigenvalue weighted by molar-refractivity contribution is -0.404. The number of nitrogens with two attached hydrogens (primary N) is 1. The van der Waals surface area contributed by atoms with E-state index in [4.69, 9.17) is 10.2 Å². The minimum Gasteiger partial charge on any atom is -0.465 e. The van der Waals surface area contributed by atoms with E-state index < -0.39 is 4.92 Å². The van der Waals surface area contributed by atoms with Crippen molar-refractivity contribution in [2.45, 2.75) is 12.2 Å². The van der Waals surface area contributed by atoms with Gasteiger partial charge in [0.2, 0.25) is 0 Å². The molecule has 8 heteroatoms. The van der Waals surface area contributed by atoms with Crippen LogP contribution >= 0.6 is 11.8 Å². The number of hydrogen-bond donors (Lipinski definition) is 1. The van der Waals surface area contributed by atoms with Gasteiger partial charge in [0.05, 0.1) is 10.7 Å². The van der Waals surface area contributed by atoms with Gasteiger partial charge in [-0.1, -0.05) is 0 Å². The smallest absolute Gasteiger partial charge is 0.274 e. The maximum atomic E-state index is 10.3. The van der Waals surface area contributed by atoms with Gasteiger partial charge in [-0.05, 0) is 26.2 Å². The topological polar surface area (TPSA) is 88.8 Å². The summed E-state index contributed by atoms with van der Waals surface area (Å²) in [4.78, 5) is 13.6. The van der Waals surface area contributed by atoms with Gasteiger partial charge < -0.3 is 20.0 Å². The average Bonchev–Trinajstić information content (AvgIpc) is 2.88. The number of furan rings is 1. The third-order valence-corrected chi connectivity index (χ3v) is 3.98. The van der Waals surface area contributed by atoms with E-state index >= 15 is 0 Å². The zero-order chi connectivity index (χ0) is 16.5. The monoisotopic (exact) mass is 328 g/mol. The standard InChI is InChI=1S/C14H24N4O3S/c1-16(2)7-6-12-4-5-13(21-12)11-22-9-8-17(3)14(15)10-18(19)20/h4-5,10H,6-9,11,15H2,1-3H3. The van der Waals surface area contributed by atoms with Crippen molar-refractivity contribution in [2.75, 3.05) is 40.0 Å². The number of nitro groups is 1. The van der Waals surface area contributed by atoms with Crippen molar-refractivity contribution in [1.82, 2.24) is 9.80 Å². The molecule has 0 aliphatic carbocycles. The highest BCUT2D eigenvalue weighted by Crippen LogP contribution is 2.16. The molecule has 1 heterocycles. The van der Waals surface area contributed by atoms with Gasteiger partial charge in [0.15, 0.2) is 5.82 Å². The van der Waals surface area contributed by atoms with Gasteiger partial charge >= 0.3 is 0 Å². The molecule has 0 bridgehead atoms. The van der Waals surface area contributed by atoms with Crippen LogP contribution in [0.1, 0.15) is 11.5 Å². The molecule has 0 spiro atoms. The van der Waals surface area contributed by atoms with Crippen LogP contribution in [0.4, 0.5) is 0 Å². The Balaban J connectivity index is 2.26. The lowest BCUT2D eigenvalue weighted by Crippen LogP contribution is -2.26. The molecule has 124 valence electrons. The second kappa shape index (κ2) is 9.37. The summed E-state index contributed by atoms with van der Waals surface area (Å²) >= 11 is 1.71. The van der Waals surface area contributed by atoms with Gasteiger partial charge in [-0.3, -0.25) is 10.1 Å². The number of thioether (sulfide) groups is 1. The average molecular weight is 328 g/mol. The Hall–Kier alpha value is -1.67. The predicted octanol–water partition coefficient (Wildman–Crippen LogP) is 1.58. The first kappa shape index (κ1) is 18.4. The molecule has 22 heavy (non-hydrogen) atoms. The minimum atomic E-state index is -0.545. The van der Waals surface area contributed by atoms with Crippen LogP contribution in [0.2, 0.25) is 0 Å². The largest absolute Gasteiger partial charge is 0.465 e. The molecule has 0 saturated heterocycles. The van der Waals surface area contributed by atoms with Crippen molar-refractivity contribution < 1.29 is 9.34 Å². The molecule has 0 aliphatic heterocycles. The van der Waals surface area contributed by atoms with Crippen molar-refractivity contribution in [3.8, 4) is 0 Å². The highest BCUT2D eigenvalue weighted by molar-refractivity contribution is 7.98. The second-order valence-corrected chi connectivity index (χ2v) is 6.34. The number of nitrogens with zero attached hydrogens (tertiary/aromatic N) is 3. The van der Waals surface area contributed by atoms with Crippen molar-refractivity contribution in [3.05, 3.63) is 45.8 Å². The summed E-state index contributed by atoms with van der Waals surface area (Å²) in [6.07, 6.45) is 1.72. The number of hydrogen-bond acceptors (Lipinski definition) is 7. The lowest BCUT2D eigenvalue weighted by atomic mass is 10.3. The first-order valence-electron chi connectivity index (χ1n) is 7.00. The van der Waals surface area contributed by atoms with Gasteiger partial charge in [0.1, 0.15) is 11.5 Å². The van der Waals surface area contributed by atoms with Crippen LogP contribution in [-0.2, 0) is 12.2 Å². The number of rotatable bonds is 10. The van der Waals surface area contributed by atoms with Crippen molar-refractivity contribution in [2.24, 2.45) is 5.73 Å². The Morgan fingerprint density at radius 1 is 1.36 bits per heavy atom. The van der Waals surface area contributed by atoms with Gasteiger partial charge in [-0.2, -0.15) is 11.8 Å². The SMILES string of the molecule is CN(C)CCc1ccc(CSCCN(C)C(N)=C[N+](=O)[O-])o1. The Kier molecular flexibility index (Phi) is 7.83. The summed E-state index contributed by atoms with van der Waals surface area (Å²) in [5, 5.41) is 10.3. The van der Waals surface area contributed by atoms with Crippen LogP contribution in [0.15, 0.2) is 28.6 Å². The quantitative estimate of drug-likeness (QED) is 0.396. The fraction of sp³-hybridized carbons (Fsp3) is 0.571. The Morgan fingerprint density at radius 3 is 2.68 bits per heavy atom. The normalized spacial score (nSPS) is 11.9. The first-order chi connectivity index (χ1) is 10.4. The molecule has 0 saturated carbocycles. The summed E-state index contributed by atoms with van der Waals surface area (Å²) < 4.78 is 5.75. The number of likely N-dealkylation sites (N-methyl/N-ethyl adjacent to an activating group) is 1. The van der Waals surface area contributed by atoms with E-state index in [1.54, 1.807) is 23.7 Å². The van der Waals surface area contributed by atoms with E-state index in [2.05, 4.69) is 4.90 Å². The molecule has 1 rings (SSSR count). The maximum Gasteiger partial charge on any atom is 0.274 e. The molecule has 0 aromatic carbocycles. The van der Waals surface area contributed by atoms with Crippen molar-refractivity contribution in [3.63, 3.8) is 0 Å². The van der Waals surface area contributed by atoms with Crippen LogP contribution in [0.3, 0.4) is 0 Å². The van der Waals surface area contributed by atoms with Crippen molar-refractivity contribution >= 4 is 11.8 Å². The van der Waals surface area contributed by atoms with Crippen LogP contribution in [0.25, 0.3) is 0 Å². The molecule has 2 N–H and O–H groups in total. The summed E-state index contributed by atoms with van der Waals surface area (Å²) in [6, 6.07) is 4.02. The van der Waals surface area contributed by atoms with E-state index in [9.17, 15) is 10.1 Å². The molecule has 0 aliphatic rings. The first-order valence-corrected chi connectivity index (χ1v) is 8.16. The van der Waals surface area contributed by atoms with Gasteiger partial charge in [-0.15, -0.1) is 0 Å². The summed E-state index contributed by atoms with van der Waals surface area (Å²) in [7, 11) is 5.81. The molecule has 0 fully saturated rings. The van der Waals surface area contributed by atoms with Gasteiger partial charge in [0.25, 0.3) is 6.20 Å². The molecule has 0 amide bonds. The fourth-order valence-electron chi connectivity index (χ4n) is 1.68. The highest BCUT2D eigenvalue weighted by atomic mass is 32.2. The molecule has 7 nitrogen and oxygen atoms in total. The van der Waals surface area contributed by atoms with E-state index in [0.29, 0.717) is 6.54 Å².